The normalized spacial score (nSPS) is 13.0. The number of thioether (sulfide) groups is 1. The number of benzene rings is 1. The number of nitrogens with two attached hydrogens (primary N) is 1. The number of halogens is 1. The van der Waals surface area contributed by atoms with Gasteiger partial charge in [0, 0.05) is 28.9 Å². The molecular formula is C14H23ClN2O2S2. The first-order valence-electron chi connectivity index (χ1n) is 6.54. The fraction of sp³-hybridized carbons (Fsp3) is 0.500. The van der Waals surface area contributed by atoms with Gasteiger partial charge in [-0.05, 0) is 24.0 Å². The molecule has 1 aromatic carbocycles. The Hall–Kier alpha value is -0.560. The first-order chi connectivity index (χ1) is 9.63. The maximum atomic E-state index is 11.9. The van der Waals surface area contributed by atoms with Crippen LogP contribution in [0.15, 0.2) is 30.3 Å². The first-order valence-corrected chi connectivity index (χ1v) is 9.42. The Balaban J connectivity index is 0.00000400. The van der Waals surface area contributed by atoms with E-state index in [0.29, 0.717) is 24.5 Å². The molecule has 0 saturated heterocycles. The average molecular weight is 351 g/mol. The molecule has 1 aromatic rings. The smallest absolute Gasteiger partial charge is 0.236 e. The summed E-state index contributed by atoms with van der Waals surface area (Å²) in [5.74, 6) is 1.69. The van der Waals surface area contributed by atoms with Crippen LogP contribution in [0.2, 0.25) is 0 Å². The van der Waals surface area contributed by atoms with Gasteiger partial charge in [0.05, 0.1) is 6.04 Å². The predicted octanol–water partition coefficient (Wildman–Crippen LogP) is 1.55. The van der Waals surface area contributed by atoms with Gasteiger partial charge in [-0.25, -0.2) is 0 Å². The van der Waals surface area contributed by atoms with E-state index in [1.807, 2.05) is 36.6 Å². The van der Waals surface area contributed by atoms with Crippen LogP contribution in [0.4, 0.5) is 0 Å². The van der Waals surface area contributed by atoms with Crippen molar-refractivity contribution in [3.05, 3.63) is 35.9 Å². The zero-order valence-electron chi connectivity index (χ0n) is 12.1. The van der Waals surface area contributed by atoms with Crippen LogP contribution in [-0.4, -0.2) is 40.5 Å². The van der Waals surface area contributed by atoms with Crippen LogP contribution in [0.1, 0.15) is 12.0 Å². The van der Waals surface area contributed by atoms with Crippen molar-refractivity contribution >= 4 is 40.9 Å². The van der Waals surface area contributed by atoms with E-state index in [1.165, 1.54) is 0 Å². The maximum absolute atomic E-state index is 11.9. The van der Waals surface area contributed by atoms with Crippen molar-refractivity contribution in [1.82, 2.24) is 5.32 Å². The molecule has 4 nitrogen and oxygen atoms in total. The monoisotopic (exact) mass is 350 g/mol. The summed E-state index contributed by atoms with van der Waals surface area (Å²) >= 11 is 1.67. The highest BCUT2D eigenvalue weighted by atomic mass is 35.5. The molecule has 0 heterocycles. The zero-order chi connectivity index (χ0) is 14.8. The van der Waals surface area contributed by atoms with Gasteiger partial charge in [0.1, 0.15) is 0 Å². The first kappa shape index (κ1) is 20.4. The van der Waals surface area contributed by atoms with Crippen molar-refractivity contribution in [2.75, 3.05) is 24.3 Å². The van der Waals surface area contributed by atoms with Crippen LogP contribution >= 0.6 is 24.2 Å². The summed E-state index contributed by atoms with van der Waals surface area (Å²) < 4.78 is 11.9. The second-order valence-corrected chi connectivity index (χ2v) is 7.02. The molecule has 3 N–H and O–H groups in total. The van der Waals surface area contributed by atoms with Gasteiger partial charge in [0.2, 0.25) is 5.91 Å². The minimum absolute atomic E-state index is 0. The molecule has 1 amide bonds. The van der Waals surface area contributed by atoms with Crippen LogP contribution in [0, 0.1) is 0 Å². The number of hydrogen-bond acceptors (Lipinski definition) is 4. The lowest BCUT2D eigenvalue weighted by molar-refractivity contribution is -0.122. The molecule has 21 heavy (non-hydrogen) atoms. The molecule has 0 saturated carbocycles. The number of nitrogens with one attached hydrogen (secondary N) is 1. The van der Waals surface area contributed by atoms with Gasteiger partial charge < -0.3 is 11.1 Å². The van der Waals surface area contributed by atoms with E-state index in [2.05, 4.69) is 5.32 Å². The van der Waals surface area contributed by atoms with Crippen molar-refractivity contribution in [2.24, 2.45) is 5.73 Å². The van der Waals surface area contributed by atoms with Gasteiger partial charge in [-0.2, -0.15) is 11.8 Å². The van der Waals surface area contributed by atoms with Gasteiger partial charge in [0.25, 0.3) is 0 Å². The molecule has 0 spiro atoms. The number of hydrogen-bond donors (Lipinski definition) is 2. The fourth-order valence-corrected chi connectivity index (χ4v) is 3.16. The maximum Gasteiger partial charge on any atom is 0.236 e. The van der Waals surface area contributed by atoms with E-state index in [1.54, 1.807) is 11.8 Å². The minimum atomic E-state index is -0.966. The Bertz CT molecular complexity index is 432. The number of carbonyl (C=O) groups excluding carboxylic acids is 1. The van der Waals surface area contributed by atoms with E-state index in [0.717, 1.165) is 11.3 Å². The Labute approximate surface area is 139 Å². The zero-order valence-corrected chi connectivity index (χ0v) is 14.6. The van der Waals surface area contributed by atoms with E-state index in [9.17, 15) is 9.00 Å². The van der Waals surface area contributed by atoms with E-state index in [4.69, 9.17) is 5.73 Å². The largest absolute Gasteiger partial charge is 0.354 e. The third-order valence-corrected chi connectivity index (χ3v) is 4.73. The van der Waals surface area contributed by atoms with Gasteiger partial charge in [-0.3, -0.25) is 9.00 Å². The third-order valence-electron chi connectivity index (χ3n) is 2.77. The fourth-order valence-electron chi connectivity index (χ4n) is 1.63. The SMILES string of the molecule is CSCC[C@H](N)C(=O)NCCS(=O)Cc1ccccc1.Cl. The molecule has 0 radical (unpaired) electrons. The molecule has 0 fully saturated rings. The average Bonchev–Trinajstić information content (AvgIpc) is 2.45. The molecule has 2 atom stereocenters. The summed E-state index contributed by atoms with van der Waals surface area (Å²) in [4.78, 5) is 11.6. The summed E-state index contributed by atoms with van der Waals surface area (Å²) in [7, 11) is -0.966. The van der Waals surface area contributed by atoms with E-state index in [-0.39, 0.29) is 18.3 Å². The lowest BCUT2D eigenvalue weighted by atomic mass is 10.2. The highest BCUT2D eigenvalue weighted by Crippen LogP contribution is 2.02. The lowest BCUT2D eigenvalue weighted by Crippen LogP contribution is -2.42. The molecule has 120 valence electrons. The molecule has 0 aliphatic rings. The third kappa shape index (κ3) is 9.14. The van der Waals surface area contributed by atoms with E-state index >= 15 is 0 Å². The summed E-state index contributed by atoms with van der Waals surface area (Å²) in [6.45, 7) is 0.408. The van der Waals surface area contributed by atoms with Gasteiger partial charge >= 0.3 is 0 Å². The quantitative estimate of drug-likeness (QED) is 0.708. The topological polar surface area (TPSA) is 72.2 Å². The predicted molar refractivity (Wildman–Crippen MR) is 94.4 cm³/mol. The summed E-state index contributed by atoms with van der Waals surface area (Å²) in [6.07, 6.45) is 2.65. The van der Waals surface area contributed by atoms with Crippen LogP contribution in [-0.2, 0) is 21.3 Å². The number of amides is 1. The molecule has 0 aliphatic heterocycles. The summed E-state index contributed by atoms with van der Waals surface area (Å²) in [5, 5.41) is 2.74. The lowest BCUT2D eigenvalue weighted by Gasteiger charge is -2.11. The van der Waals surface area contributed by atoms with Crippen molar-refractivity contribution in [3.8, 4) is 0 Å². The molecule has 0 bridgehead atoms. The Morgan fingerprint density at radius 3 is 2.67 bits per heavy atom. The summed E-state index contributed by atoms with van der Waals surface area (Å²) in [6, 6.07) is 9.23. The molecule has 7 heteroatoms. The minimum Gasteiger partial charge on any atom is -0.354 e. The van der Waals surface area contributed by atoms with Crippen LogP contribution < -0.4 is 11.1 Å². The van der Waals surface area contributed by atoms with Crippen LogP contribution in [0.3, 0.4) is 0 Å². The van der Waals surface area contributed by atoms with Crippen molar-refractivity contribution in [3.63, 3.8) is 0 Å². The Kier molecular flexibility index (Phi) is 11.7. The molecule has 0 aromatic heterocycles. The molecule has 0 aliphatic carbocycles. The van der Waals surface area contributed by atoms with Crippen molar-refractivity contribution in [2.45, 2.75) is 18.2 Å². The Morgan fingerprint density at radius 2 is 2.05 bits per heavy atom. The van der Waals surface area contributed by atoms with E-state index < -0.39 is 16.8 Å². The molecule has 1 unspecified atom stereocenters. The summed E-state index contributed by atoms with van der Waals surface area (Å²) in [5.41, 5.74) is 6.79. The Morgan fingerprint density at radius 1 is 1.38 bits per heavy atom. The van der Waals surface area contributed by atoms with Crippen LogP contribution in [0.5, 0.6) is 0 Å². The standard InChI is InChI=1S/C14H22N2O2S2.ClH/c1-19-9-7-13(15)14(17)16-8-10-20(18)11-12-5-3-2-4-6-12;/h2-6,13H,7-11,15H2,1H3,(H,16,17);1H/t13-,20?;/m0./s1. The second-order valence-electron chi connectivity index (χ2n) is 4.45. The molecular weight excluding hydrogens is 328 g/mol. The second kappa shape index (κ2) is 12.0. The van der Waals surface area contributed by atoms with Gasteiger partial charge in [0.15, 0.2) is 0 Å². The van der Waals surface area contributed by atoms with Crippen LogP contribution in [0.25, 0.3) is 0 Å². The highest BCUT2D eigenvalue weighted by molar-refractivity contribution is 7.98. The molecule has 1 rings (SSSR count). The number of rotatable bonds is 9. The van der Waals surface area contributed by atoms with Gasteiger partial charge in [-0.15, -0.1) is 12.4 Å². The van der Waals surface area contributed by atoms with Crippen molar-refractivity contribution in [1.29, 1.82) is 0 Å². The van der Waals surface area contributed by atoms with Crippen molar-refractivity contribution < 1.29 is 9.00 Å². The number of carbonyl (C=O) groups is 1. The van der Waals surface area contributed by atoms with Gasteiger partial charge in [-0.1, -0.05) is 30.3 Å². The highest BCUT2D eigenvalue weighted by Gasteiger charge is 2.12.